The summed E-state index contributed by atoms with van der Waals surface area (Å²) in [6.45, 7) is 1.01. The van der Waals surface area contributed by atoms with Crippen LogP contribution in [0.5, 0.6) is 5.75 Å². The highest BCUT2D eigenvalue weighted by atomic mass is 32.2. The van der Waals surface area contributed by atoms with E-state index in [0.717, 1.165) is 11.0 Å². The molecule has 0 bridgehead atoms. The van der Waals surface area contributed by atoms with Crippen molar-refractivity contribution in [1.82, 2.24) is 5.32 Å². The van der Waals surface area contributed by atoms with E-state index < -0.39 is 47.6 Å². The van der Waals surface area contributed by atoms with E-state index >= 15 is 0 Å². The average Bonchev–Trinajstić information content (AvgIpc) is 2.67. The maximum Gasteiger partial charge on any atom is 0.261 e. The van der Waals surface area contributed by atoms with Crippen molar-refractivity contribution >= 4 is 29.3 Å². The van der Waals surface area contributed by atoms with Gasteiger partial charge in [0.2, 0.25) is 5.91 Å². The van der Waals surface area contributed by atoms with Crippen LogP contribution >= 0.6 is 11.8 Å². The summed E-state index contributed by atoms with van der Waals surface area (Å²) < 4.78 is 45.0. The fourth-order valence-corrected chi connectivity index (χ4v) is 2.45. The van der Waals surface area contributed by atoms with Gasteiger partial charge in [0, 0.05) is 4.90 Å². The quantitative estimate of drug-likeness (QED) is 0.555. The number of thioether (sulfide) groups is 1. The van der Waals surface area contributed by atoms with Crippen LogP contribution in [-0.2, 0) is 9.59 Å². The zero-order valence-electron chi connectivity index (χ0n) is 14.5. The molecule has 0 saturated carbocycles. The number of ether oxygens (including phenoxy) is 1. The van der Waals surface area contributed by atoms with E-state index in [9.17, 15) is 22.8 Å². The normalized spacial score (nSPS) is 11.6. The molecule has 27 heavy (non-hydrogen) atoms. The zero-order chi connectivity index (χ0) is 20.0. The third-order valence-corrected chi connectivity index (χ3v) is 4.22. The van der Waals surface area contributed by atoms with E-state index in [-0.39, 0.29) is 0 Å². The Bertz CT molecular complexity index is 831. The Hall–Kier alpha value is -2.68. The van der Waals surface area contributed by atoms with Gasteiger partial charge >= 0.3 is 0 Å². The molecule has 2 rings (SSSR count). The molecule has 1 unspecified atom stereocenters. The molecule has 9 heteroatoms. The molecule has 0 saturated heterocycles. The zero-order valence-corrected chi connectivity index (χ0v) is 15.3. The van der Waals surface area contributed by atoms with Crippen molar-refractivity contribution in [3.63, 3.8) is 0 Å². The highest BCUT2D eigenvalue weighted by Crippen LogP contribution is 2.20. The first-order valence-electron chi connectivity index (χ1n) is 7.83. The molecule has 0 aromatic heterocycles. The number of hydrogen-bond donors (Lipinski definition) is 2. The smallest absolute Gasteiger partial charge is 0.261 e. The number of halogens is 3. The van der Waals surface area contributed by atoms with E-state index in [4.69, 9.17) is 4.74 Å². The molecule has 2 aromatic carbocycles. The maximum absolute atomic E-state index is 13.5. The Morgan fingerprint density at radius 2 is 1.74 bits per heavy atom. The second-order valence-electron chi connectivity index (χ2n) is 5.42. The van der Waals surface area contributed by atoms with Crippen LogP contribution in [0.15, 0.2) is 41.3 Å². The molecule has 5 nitrogen and oxygen atoms in total. The van der Waals surface area contributed by atoms with Gasteiger partial charge in [-0.15, -0.1) is 11.8 Å². The van der Waals surface area contributed by atoms with E-state index in [1.165, 1.54) is 6.92 Å². The molecule has 0 aliphatic heterocycles. The third kappa shape index (κ3) is 5.65. The highest BCUT2D eigenvalue weighted by molar-refractivity contribution is 7.98. The Kier molecular flexibility index (Phi) is 7.12. The fourth-order valence-electron chi connectivity index (χ4n) is 2.04. The minimum absolute atomic E-state index is 0.490. The molecule has 0 radical (unpaired) electrons. The number of carbonyl (C=O) groups excluding carboxylic acids is 2. The van der Waals surface area contributed by atoms with Gasteiger partial charge in [-0.25, -0.2) is 13.2 Å². The van der Waals surface area contributed by atoms with Crippen LogP contribution < -0.4 is 15.4 Å². The molecule has 1 atom stereocenters. The van der Waals surface area contributed by atoms with Gasteiger partial charge in [-0.2, -0.15) is 0 Å². The number of hydrogen-bond acceptors (Lipinski definition) is 4. The molecule has 0 aliphatic rings. The first-order valence-corrected chi connectivity index (χ1v) is 9.06. The predicted molar refractivity (Wildman–Crippen MR) is 96.3 cm³/mol. The lowest BCUT2D eigenvalue weighted by Gasteiger charge is -2.15. The Morgan fingerprint density at radius 3 is 2.37 bits per heavy atom. The molecule has 0 spiro atoms. The molecule has 0 fully saturated rings. The Balaban J connectivity index is 1.85. The number of anilines is 1. The summed E-state index contributed by atoms with van der Waals surface area (Å²) in [6, 6.07) is 8.69. The average molecular weight is 398 g/mol. The van der Waals surface area contributed by atoms with Crippen LogP contribution in [0, 0.1) is 17.5 Å². The van der Waals surface area contributed by atoms with E-state index in [2.05, 4.69) is 10.6 Å². The molecule has 2 aromatic rings. The summed E-state index contributed by atoms with van der Waals surface area (Å²) in [6.07, 6.45) is 1.06. The third-order valence-electron chi connectivity index (χ3n) is 3.47. The lowest BCUT2D eigenvalue weighted by Crippen LogP contribution is -2.40. The predicted octanol–water partition coefficient (Wildman–Crippen LogP) is 3.35. The molecule has 144 valence electrons. The van der Waals surface area contributed by atoms with Crippen LogP contribution in [0.25, 0.3) is 0 Å². The number of benzene rings is 2. The summed E-state index contributed by atoms with van der Waals surface area (Å²) in [5, 5.41) is 4.38. The summed E-state index contributed by atoms with van der Waals surface area (Å²) in [4.78, 5) is 24.8. The van der Waals surface area contributed by atoms with Crippen LogP contribution in [0.4, 0.5) is 18.9 Å². The first kappa shape index (κ1) is 20.6. The summed E-state index contributed by atoms with van der Waals surface area (Å²) in [5.41, 5.74) is -0.522. The van der Waals surface area contributed by atoms with Crippen LogP contribution in [-0.4, -0.2) is 30.7 Å². The van der Waals surface area contributed by atoms with Crippen molar-refractivity contribution in [2.45, 2.75) is 17.9 Å². The topological polar surface area (TPSA) is 67.4 Å². The van der Waals surface area contributed by atoms with E-state index in [0.29, 0.717) is 11.8 Å². The van der Waals surface area contributed by atoms with Gasteiger partial charge in [0.1, 0.15) is 5.75 Å². The summed E-state index contributed by atoms with van der Waals surface area (Å²) in [7, 11) is 0. The van der Waals surface area contributed by atoms with Gasteiger partial charge < -0.3 is 15.4 Å². The number of amides is 2. The summed E-state index contributed by atoms with van der Waals surface area (Å²) >= 11 is 1.57. The SMILES string of the molecule is CSc1ccc(OC(C)C(=O)NCC(=O)Nc2ccc(F)c(F)c2F)cc1. The Morgan fingerprint density at radius 1 is 1.07 bits per heavy atom. The molecular formula is C18H17F3N2O3S. The molecule has 0 aliphatic carbocycles. The minimum atomic E-state index is -1.69. The van der Waals surface area contributed by atoms with Gasteiger partial charge in [-0.3, -0.25) is 9.59 Å². The van der Waals surface area contributed by atoms with Crippen molar-refractivity contribution in [2.24, 2.45) is 0 Å². The van der Waals surface area contributed by atoms with Crippen LogP contribution in [0.1, 0.15) is 6.92 Å². The number of nitrogens with one attached hydrogen (secondary N) is 2. The highest BCUT2D eigenvalue weighted by Gasteiger charge is 2.18. The van der Waals surface area contributed by atoms with Gasteiger partial charge in [0.15, 0.2) is 23.6 Å². The first-order chi connectivity index (χ1) is 12.8. The molecule has 2 amide bonds. The monoisotopic (exact) mass is 398 g/mol. The van der Waals surface area contributed by atoms with Gasteiger partial charge in [0.05, 0.1) is 12.2 Å². The van der Waals surface area contributed by atoms with E-state index in [1.807, 2.05) is 18.4 Å². The lowest BCUT2D eigenvalue weighted by atomic mass is 10.2. The lowest BCUT2D eigenvalue weighted by molar-refractivity contribution is -0.129. The van der Waals surface area contributed by atoms with Crippen LogP contribution in [0.2, 0.25) is 0 Å². The van der Waals surface area contributed by atoms with Gasteiger partial charge in [0.25, 0.3) is 5.91 Å². The molecule has 2 N–H and O–H groups in total. The number of rotatable bonds is 7. The number of carbonyl (C=O) groups is 2. The second kappa shape index (κ2) is 9.31. The van der Waals surface area contributed by atoms with Crippen molar-refractivity contribution in [1.29, 1.82) is 0 Å². The summed E-state index contributed by atoms with van der Waals surface area (Å²) in [5.74, 6) is -5.44. The van der Waals surface area contributed by atoms with Crippen molar-refractivity contribution in [2.75, 3.05) is 18.1 Å². The van der Waals surface area contributed by atoms with Crippen molar-refractivity contribution in [3.05, 3.63) is 53.8 Å². The van der Waals surface area contributed by atoms with Gasteiger partial charge in [-0.1, -0.05) is 0 Å². The Labute approximate surface area is 158 Å². The van der Waals surface area contributed by atoms with Gasteiger partial charge in [-0.05, 0) is 49.6 Å². The maximum atomic E-state index is 13.5. The standard InChI is InChI=1S/C18H17F3N2O3S/c1-10(26-11-3-5-12(27-2)6-4-11)18(25)22-9-15(24)23-14-8-7-13(19)16(20)17(14)21/h3-8,10H,9H2,1-2H3,(H,22,25)(H,23,24). The fraction of sp³-hybridized carbons (Fsp3) is 0.222. The molecular weight excluding hydrogens is 381 g/mol. The van der Waals surface area contributed by atoms with Crippen molar-refractivity contribution < 1.29 is 27.5 Å². The minimum Gasteiger partial charge on any atom is -0.481 e. The van der Waals surface area contributed by atoms with Crippen molar-refractivity contribution in [3.8, 4) is 5.75 Å². The molecule has 0 heterocycles. The second-order valence-corrected chi connectivity index (χ2v) is 6.30. The van der Waals surface area contributed by atoms with Crippen LogP contribution in [0.3, 0.4) is 0 Å². The van der Waals surface area contributed by atoms with E-state index in [1.54, 1.807) is 23.9 Å². The largest absolute Gasteiger partial charge is 0.481 e.